The number of benzene rings is 1. The van der Waals surface area contributed by atoms with Gasteiger partial charge >= 0.3 is 0 Å². The molecule has 1 aliphatic carbocycles. The molecule has 2 nitrogen and oxygen atoms in total. The van der Waals surface area contributed by atoms with E-state index in [1.807, 2.05) is 24.3 Å². The Labute approximate surface area is 105 Å². The normalized spacial score (nSPS) is 15.4. The minimum atomic E-state index is 0.0552. The molecule has 16 heavy (non-hydrogen) atoms. The molecule has 0 saturated heterocycles. The Kier molecular flexibility index (Phi) is 4.07. The first-order valence-corrected chi connectivity index (χ1v) is 6.29. The lowest BCUT2D eigenvalue weighted by Crippen LogP contribution is -1.99. The summed E-state index contributed by atoms with van der Waals surface area (Å²) in [5.74, 6) is 3.35. The standard InChI is InChI=1S/C12H14BBrO2/c14-12-10(6-7-13-15)2-1-3-11(12)16-8-9-4-5-9/h1-3,6-7,9,13,15H,4-5,8H2/b7-6+. The van der Waals surface area contributed by atoms with E-state index in [1.54, 1.807) is 5.98 Å². The van der Waals surface area contributed by atoms with Crippen molar-refractivity contribution in [3.8, 4) is 5.75 Å². The van der Waals surface area contributed by atoms with Crippen molar-refractivity contribution in [2.24, 2.45) is 5.92 Å². The van der Waals surface area contributed by atoms with E-state index in [-0.39, 0.29) is 7.48 Å². The topological polar surface area (TPSA) is 29.5 Å². The van der Waals surface area contributed by atoms with Crippen LogP contribution in [0.4, 0.5) is 0 Å². The first kappa shape index (κ1) is 11.7. The van der Waals surface area contributed by atoms with E-state index in [4.69, 9.17) is 9.76 Å². The molecule has 0 bridgehead atoms. The van der Waals surface area contributed by atoms with Crippen LogP contribution in [0.5, 0.6) is 5.75 Å². The molecule has 0 aromatic heterocycles. The van der Waals surface area contributed by atoms with Crippen LogP contribution in [0, 0.1) is 5.92 Å². The average Bonchev–Trinajstić information content (AvgIpc) is 3.10. The monoisotopic (exact) mass is 280 g/mol. The van der Waals surface area contributed by atoms with Crippen LogP contribution in [-0.4, -0.2) is 19.1 Å². The molecule has 0 atom stereocenters. The zero-order valence-corrected chi connectivity index (χ0v) is 10.6. The van der Waals surface area contributed by atoms with Gasteiger partial charge in [-0.1, -0.05) is 24.2 Å². The fourth-order valence-electron chi connectivity index (χ4n) is 1.44. The summed E-state index contributed by atoms with van der Waals surface area (Å²) in [6.45, 7) is 0.811. The minimum Gasteiger partial charge on any atom is -0.492 e. The summed E-state index contributed by atoms with van der Waals surface area (Å²) in [5.41, 5.74) is 1.03. The van der Waals surface area contributed by atoms with Gasteiger partial charge in [0.15, 0.2) is 0 Å². The Balaban J connectivity index is 2.07. The van der Waals surface area contributed by atoms with Crippen LogP contribution in [0.3, 0.4) is 0 Å². The second-order valence-electron chi connectivity index (χ2n) is 4.00. The molecule has 1 fully saturated rings. The Bertz CT molecular complexity index is 389. The lowest BCUT2D eigenvalue weighted by Gasteiger charge is -2.09. The summed E-state index contributed by atoms with van der Waals surface area (Å²) in [4.78, 5) is 0. The average molecular weight is 281 g/mol. The highest BCUT2D eigenvalue weighted by Crippen LogP contribution is 2.33. The highest BCUT2D eigenvalue weighted by molar-refractivity contribution is 9.10. The molecule has 1 saturated carbocycles. The number of halogens is 1. The molecule has 1 aliphatic rings. The molecule has 0 amide bonds. The van der Waals surface area contributed by atoms with E-state index in [1.165, 1.54) is 12.8 Å². The highest BCUT2D eigenvalue weighted by Gasteiger charge is 2.22. The molecule has 0 unspecified atom stereocenters. The number of hydrogen-bond donors (Lipinski definition) is 1. The summed E-state index contributed by atoms with van der Waals surface area (Å²) in [6, 6.07) is 5.91. The predicted octanol–water partition coefficient (Wildman–Crippen LogP) is 2.55. The third kappa shape index (κ3) is 3.13. The first-order chi connectivity index (χ1) is 7.81. The van der Waals surface area contributed by atoms with E-state index < -0.39 is 0 Å². The van der Waals surface area contributed by atoms with Crippen LogP contribution in [0.1, 0.15) is 18.4 Å². The van der Waals surface area contributed by atoms with Gasteiger partial charge in [-0.25, -0.2) is 0 Å². The maximum absolute atomic E-state index is 8.74. The predicted molar refractivity (Wildman–Crippen MR) is 70.8 cm³/mol. The number of rotatable bonds is 5. The van der Waals surface area contributed by atoms with Crippen LogP contribution in [-0.2, 0) is 0 Å². The fourth-order valence-corrected chi connectivity index (χ4v) is 1.95. The lowest BCUT2D eigenvalue weighted by atomic mass is 10.0. The fraction of sp³-hybridized carbons (Fsp3) is 0.333. The van der Waals surface area contributed by atoms with Crippen LogP contribution in [0.15, 0.2) is 28.6 Å². The van der Waals surface area contributed by atoms with E-state index in [0.717, 1.165) is 28.3 Å². The molecule has 0 heterocycles. The van der Waals surface area contributed by atoms with Gasteiger partial charge < -0.3 is 9.76 Å². The van der Waals surface area contributed by atoms with Gasteiger partial charge in [-0.15, -0.1) is 0 Å². The second kappa shape index (κ2) is 5.55. The van der Waals surface area contributed by atoms with E-state index in [2.05, 4.69) is 15.9 Å². The van der Waals surface area contributed by atoms with Crippen molar-refractivity contribution < 1.29 is 9.76 Å². The molecule has 0 spiro atoms. The molecular formula is C12H14BBrO2. The summed E-state index contributed by atoms with van der Waals surface area (Å²) in [6.07, 6.45) is 4.47. The van der Waals surface area contributed by atoms with Gasteiger partial charge in [0.25, 0.3) is 7.48 Å². The van der Waals surface area contributed by atoms with E-state index >= 15 is 0 Å². The summed E-state index contributed by atoms with van der Waals surface area (Å²) >= 11 is 3.52. The SMILES string of the molecule is OB/C=C/c1cccc(OCC2CC2)c1Br. The Hall–Kier alpha value is -0.735. The van der Waals surface area contributed by atoms with Gasteiger partial charge in [0.1, 0.15) is 5.75 Å². The zero-order chi connectivity index (χ0) is 11.4. The van der Waals surface area contributed by atoms with E-state index in [9.17, 15) is 0 Å². The third-order valence-corrected chi connectivity index (χ3v) is 3.42. The van der Waals surface area contributed by atoms with Crippen LogP contribution >= 0.6 is 15.9 Å². The van der Waals surface area contributed by atoms with Gasteiger partial charge in [-0.3, -0.25) is 0 Å². The Morgan fingerprint density at radius 1 is 1.50 bits per heavy atom. The van der Waals surface area contributed by atoms with Crippen molar-refractivity contribution in [3.63, 3.8) is 0 Å². The molecule has 0 radical (unpaired) electrons. The smallest absolute Gasteiger partial charge is 0.297 e. The van der Waals surface area contributed by atoms with Crippen molar-refractivity contribution in [1.82, 2.24) is 0 Å². The molecule has 1 aromatic rings. The molecule has 1 aromatic carbocycles. The van der Waals surface area contributed by atoms with Gasteiger partial charge in [0.05, 0.1) is 11.1 Å². The highest BCUT2D eigenvalue weighted by atomic mass is 79.9. The van der Waals surface area contributed by atoms with Crippen molar-refractivity contribution >= 4 is 29.5 Å². The van der Waals surface area contributed by atoms with Gasteiger partial charge in [-0.05, 0) is 46.3 Å². The molecule has 0 aliphatic heterocycles. The third-order valence-electron chi connectivity index (χ3n) is 2.57. The maximum atomic E-state index is 8.74. The van der Waals surface area contributed by atoms with Crippen LogP contribution in [0.25, 0.3) is 6.08 Å². The quantitative estimate of drug-likeness (QED) is 0.840. The number of hydrogen-bond acceptors (Lipinski definition) is 2. The van der Waals surface area contributed by atoms with Gasteiger partial charge in [-0.2, -0.15) is 0 Å². The molecule has 2 rings (SSSR count). The Morgan fingerprint density at radius 3 is 3.00 bits per heavy atom. The summed E-state index contributed by atoms with van der Waals surface area (Å²) < 4.78 is 6.70. The van der Waals surface area contributed by atoms with Crippen molar-refractivity contribution in [1.29, 1.82) is 0 Å². The van der Waals surface area contributed by atoms with Crippen molar-refractivity contribution in [3.05, 3.63) is 34.2 Å². The molecule has 84 valence electrons. The van der Waals surface area contributed by atoms with Gasteiger partial charge in [0, 0.05) is 0 Å². The number of ether oxygens (including phenoxy) is 1. The van der Waals surface area contributed by atoms with E-state index in [0.29, 0.717) is 0 Å². The van der Waals surface area contributed by atoms with Crippen LogP contribution in [0.2, 0.25) is 0 Å². The minimum absolute atomic E-state index is 0.0552. The molecule has 1 N–H and O–H groups in total. The summed E-state index contributed by atoms with van der Waals surface area (Å²) in [5, 5.41) is 8.74. The van der Waals surface area contributed by atoms with Crippen molar-refractivity contribution in [2.75, 3.05) is 6.61 Å². The summed E-state index contributed by atoms with van der Waals surface area (Å²) in [7, 11) is 0.0552. The zero-order valence-electron chi connectivity index (χ0n) is 9.03. The lowest BCUT2D eigenvalue weighted by molar-refractivity contribution is 0.298. The molecular weight excluding hydrogens is 267 g/mol. The largest absolute Gasteiger partial charge is 0.492 e. The second-order valence-corrected chi connectivity index (χ2v) is 4.79. The van der Waals surface area contributed by atoms with Crippen LogP contribution < -0.4 is 4.74 Å². The Morgan fingerprint density at radius 2 is 2.31 bits per heavy atom. The van der Waals surface area contributed by atoms with Gasteiger partial charge in [0.2, 0.25) is 0 Å². The first-order valence-electron chi connectivity index (χ1n) is 5.50. The molecule has 4 heteroatoms. The van der Waals surface area contributed by atoms with Crippen molar-refractivity contribution in [2.45, 2.75) is 12.8 Å². The maximum Gasteiger partial charge on any atom is 0.297 e.